The zero-order chi connectivity index (χ0) is 18.7. The van der Waals surface area contributed by atoms with Gasteiger partial charge in [-0.05, 0) is 60.6 Å². The number of halogens is 1. The zero-order valence-corrected chi connectivity index (χ0v) is 16.4. The molecule has 0 spiro atoms. The number of thiocarbonyl (C=S) groups is 1. The molecule has 0 aromatic heterocycles. The van der Waals surface area contributed by atoms with Crippen molar-refractivity contribution >= 4 is 62.7 Å². The Kier molecular flexibility index (Phi) is 5.58. The molecule has 1 heterocycles. The lowest BCUT2D eigenvalue weighted by molar-refractivity contribution is -0.130. The lowest BCUT2D eigenvalue weighted by Gasteiger charge is -2.31. The van der Waals surface area contributed by atoms with Crippen molar-refractivity contribution in [3.63, 3.8) is 0 Å². The van der Waals surface area contributed by atoms with E-state index in [4.69, 9.17) is 12.2 Å². The second-order valence-corrected chi connectivity index (χ2v) is 7.02. The lowest BCUT2D eigenvalue weighted by Crippen LogP contribution is -2.58. The van der Waals surface area contributed by atoms with Crippen LogP contribution in [0.2, 0.25) is 0 Å². The summed E-state index contributed by atoms with van der Waals surface area (Å²) in [6.07, 6.45) is 2.26. The summed E-state index contributed by atoms with van der Waals surface area (Å²) in [4.78, 5) is 30.7. The van der Waals surface area contributed by atoms with E-state index >= 15 is 0 Å². The third-order valence-corrected chi connectivity index (χ3v) is 4.82. The fraction of sp³-hybridized carbons (Fsp3) is 0.158. The molecule has 132 valence electrons. The van der Waals surface area contributed by atoms with Crippen molar-refractivity contribution in [3.8, 4) is 0 Å². The number of anilines is 1. The largest absolute Gasteiger partial charge is 0.301 e. The lowest BCUT2D eigenvalue weighted by atomic mass is 10.1. The Morgan fingerprint density at radius 2 is 1.81 bits per heavy atom. The molecular weight excluding hydrogens is 414 g/mol. The van der Waals surface area contributed by atoms with Gasteiger partial charge in [0.15, 0.2) is 11.0 Å². The van der Waals surface area contributed by atoms with Gasteiger partial charge in [-0.2, -0.15) is 0 Å². The summed E-state index contributed by atoms with van der Waals surface area (Å²) in [5, 5.41) is 2.66. The minimum absolute atomic E-state index is 0.0811. The summed E-state index contributed by atoms with van der Waals surface area (Å²) >= 11 is 8.54. The molecule has 1 unspecified atom stereocenters. The van der Waals surface area contributed by atoms with E-state index in [1.807, 2.05) is 36.4 Å². The Morgan fingerprint density at radius 3 is 2.42 bits per heavy atom. The first kappa shape index (κ1) is 18.4. The number of benzene rings is 2. The van der Waals surface area contributed by atoms with E-state index in [2.05, 4.69) is 33.2 Å². The predicted octanol–water partition coefficient (Wildman–Crippen LogP) is 3.78. The fourth-order valence-electron chi connectivity index (χ4n) is 2.53. The van der Waals surface area contributed by atoms with Crippen LogP contribution in [0.4, 0.5) is 11.4 Å². The van der Waals surface area contributed by atoms with Crippen LogP contribution in [0, 0.1) is 5.92 Å². The molecule has 1 aliphatic heterocycles. The highest BCUT2D eigenvalue weighted by Crippen LogP contribution is 2.22. The van der Waals surface area contributed by atoms with Gasteiger partial charge in [0.1, 0.15) is 0 Å². The molecule has 2 aromatic rings. The minimum atomic E-state index is -1.03. The maximum atomic E-state index is 12.9. The van der Waals surface area contributed by atoms with Gasteiger partial charge < -0.3 is 5.32 Å². The molecule has 5 nitrogen and oxygen atoms in total. The third-order valence-electron chi connectivity index (χ3n) is 4.00. The summed E-state index contributed by atoms with van der Waals surface area (Å²) in [5.41, 5.74) is 2.43. The highest BCUT2D eigenvalue weighted by atomic mass is 79.9. The number of nitrogens with zero attached hydrogens (tertiary/aromatic N) is 2. The summed E-state index contributed by atoms with van der Waals surface area (Å²) in [7, 11) is 0. The molecular formula is C19H16BrN3O2S. The van der Waals surface area contributed by atoms with Crippen molar-refractivity contribution in [1.82, 2.24) is 5.32 Å². The molecule has 1 N–H and O–H groups in total. The quantitative estimate of drug-likeness (QED) is 0.456. The van der Waals surface area contributed by atoms with E-state index in [-0.39, 0.29) is 5.11 Å². The van der Waals surface area contributed by atoms with Gasteiger partial charge in [-0.3, -0.25) is 19.5 Å². The second kappa shape index (κ2) is 7.88. The van der Waals surface area contributed by atoms with Crippen molar-refractivity contribution in [1.29, 1.82) is 0 Å². The van der Waals surface area contributed by atoms with Gasteiger partial charge in [-0.25, -0.2) is 0 Å². The van der Waals surface area contributed by atoms with Crippen LogP contribution in [0.3, 0.4) is 0 Å². The van der Waals surface area contributed by atoms with Gasteiger partial charge in [0.25, 0.3) is 5.91 Å². The normalized spacial score (nSPS) is 17.7. The number of aliphatic imine (C=N–C) groups is 1. The molecule has 1 atom stereocenters. The zero-order valence-electron chi connectivity index (χ0n) is 14.0. The van der Waals surface area contributed by atoms with Gasteiger partial charge in [0, 0.05) is 10.7 Å². The van der Waals surface area contributed by atoms with Gasteiger partial charge in [-0.15, -0.1) is 0 Å². The number of rotatable bonds is 4. The average Bonchev–Trinajstić information content (AvgIpc) is 2.63. The van der Waals surface area contributed by atoms with Crippen LogP contribution in [0.25, 0.3) is 0 Å². The van der Waals surface area contributed by atoms with Crippen molar-refractivity contribution < 1.29 is 9.59 Å². The first-order chi connectivity index (χ1) is 12.5. The summed E-state index contributed by atoms with van der Waals surface area (Å²) in [6.45, 7) is 2.06. The Balaban J connectivity index is 1.86. The summed E-state index contributed by atoms with van der Waals surface area (Å²) in [6, 6.07) is 14.8. The number of carbonyl (C=O) groups is 2. The standard InChI is InChI=1S/C19H16BrN3O2S/c1-2-12-3-9-15(10-4-12)23-18(25)16(17(24)22-19(23)26)11-21-14-7-5-13(20)6-8-14/h3-11,16H,2H2,1H3,(H,22,24,26). The van der Waals surface area contributed by atoms with E-state index < -0.39 is 17.7 Å². The average molecular weight is 430 g/mol. The van der Waals surface area contributed by atoms with Crippen LogP contribution in [-0.4, -0.2) is 23.1 Å². The molecule has 26 heavy (non-hydrogen) atoms. The predicted molar refractivity (Wildman–Crippen MR) is 110 cm³/mol. The molecule has 0 aliphatic carbocycles. The van der Waals surface area contributed by atoms with Crippen molar-refractivity contribution in [2.75, 3.05) is 4.90 Å². The topological polar surface area (TPSA) is 61.8 Å². The SMILES string of the molecule is CCc1ccc(N2C(=O)C(C=Nc3ccc(Br)cc3)C(=O)NC2=S)cc1. The number of amides is 2. The first-order valence-electron chi connectivity index (χ1n) is 8.07. The number of hydrogen-bond acceptors (Lipinski definition) is 4. The molecule has 1 aliphatic rings. The second-order valence-electron chi connectivity index (χ2n) is 5.72. The molecule has 0 radical (unpaired) electrons. The van der Waals surface area contributed by atoms with Crippen molar-refractivity contribution in [2.24, 2.45) is 10.9 Å². The van der Waals surface area contributed by atoms with Gasteiger partial charge >= 0.3 is 0 Å². The Hall–Kier alpha value is -2.38. The molecule has 3 rings (SSSR count). The minimum Gasteiger partial charge on any atom is -0.301 e. The monoisotopic (exact) mass is 429 g/mol. The van der Waals surface area contributed by atoms with E-state index in [0.717, 1.165) is 16.5 Å². The van der Waals surface area contributed by atoms with Crippen LogP contribution >= 0.6 is 28.1 Å². The summed E-state index contributed by atoms with van der Waals surface area (Å²) in [5.74, 6) is -1.91. The molecule has 7 heteroatoms. The van der Waals surface area contributed by atoms with E-state index in [0.29, 0.717) is 11.4 Å². The van der Waals surface area contributed by atoms with Crippen LogP contribution in [0.1, 0.15) is 12.5 Å². The van der Waals surface area contributed by atoms with Crippen LogP contribution in [-0.2, 0) is 16.0 Å². The third kappa shape index (κ3) is 3.89. The Morgan fingerprint density at radius 1 is 1.15 bits per heavy atom. The Labute approximate surface area is 165 Å². The molecule has 0 bridgehead atoms. The van der Waals surface area contributed by atoms with E-state index in [9.17, 15) is 9.59 Å². The highest BCUT2D eigenvalue weighted by molar-refractivity contribution is 9.10. The van der Waals surface area contributed by atoms with Gasteiger partial charge in [0.2, 0.25) is 5.91 Å². The number of carbonyl (C=O) groups excluding carboxylic acids is 2. The van der Waals surface area contributed by atoms with E-state index in [1.54, 1.807) is 12.1 Å². The Bertz CT molecular complexity index is 879. The van der Waals surface area contributed by atoms with E-state index in [1.165, 1.54) is 11.1 Å². The maximum Gasteiger partial charge on any atom is 0.251 e. The molecule has 0 saturated carbocycles. The summed E-state index contributed by atoms with van der Waals surface area (Å²) < 4.78 is 0.926. The fourth-order valence-corrected chi connectivity index (χ4v) is 3.10. The van der Waals surface area contributed by atoms with Gasteiger partial charge in [-0.1, -0.05) is 35.0 Å². The maximum absolute atomic E-state index is 12.9. The number of nitrogens with one attached hydrogen (secondary N) is 1. The molecule has 2 aromatic carbocycles. The number of aryl methyl sites for hydroxylation is 1. The first-order valence-corrected chi connectivity index (χ1v) is 9.27. The number of hydrogen-bond donors (Lipinski definition) is 1. The van der Waals surface area contributed by atoms with Crippen molar-refractivity contribution in [3.05, 3.63) is 58.6 Å². The van der Waals surface area contributed by atoms with Crippen LogP contribution < -0.4 is 10.2 Å². The van der Waals surface area contributed by atoms with Crippen LogP contribution in [0.5, 0.6) is 0 Å². The van der Waals surface area contributed by atoms with Gasteiger partial charge in [0.05, 0.1) is 11.4 Å². The molecule has 1 saturated heterocycles. The molecule has 2 amide bonds. The van der Waals surface area contributed by atoms with Crippen LogP contribution in [0.15, 0.2) is 58.0 Å². The molecule has 1 fully saturated rings. The van der Waals surface area contributed by atoms with Crippen molar-refractivity contribution in [2.45, 2.75) is 13.3 Å². The smallest absolute Gasteiger partial charge is 0.251 e. The highest BCUT2D eigenvalue weighted by Gasteiger charge is 2.38.